The molecule has 0 unspecified atom stereocenters. The Balaban J connectivity index is 1.74. The maximum atomic E-state index is 12.1. The number of carbonyl (C=O) groups excluding carboxylic acids is 1. The zero-order chi connectivity index (χ0) is 16.9. The standard InChI is InChI=1S/C18H13BrN2O3/c1-23-13-8-6-12(7-9-13)16-10-11-17(21-20-16)24-18(22)14-4-2-3-5-15(14)19/h2-11H,1H3. The van der Waals surface area contributed by atoms with E-state index in [9.17, 15) is 4.79 Å². The highest BCUT2D eigenvalue weighted by Crippen LogP contribution is 2.22. The Bertz CT molecular complexity index is 849. The molecule has 0 aliphatic heterocycles. The summed E-state index contributed by atoms with van der Waals surface area (Å²) in [6.07, 6.45) is 0. The van der Waals surface area contributed by atoms with Crippen LogP contribution in [-0.2, 0) is 0 Å². The van der Waals surface area contributed by atoms with Crippen LogP contribution < -0.4 is 9.47 Å². The number of carbonyl (C=O) groups is 1. The van der Waals surface area contributed by atoms with Gasteiger partial charge in [-0.25, -0.2) is 4.79 Å². The topological polar surface area (TPSA) is 61.3 Å². The molecule has 0 aliphatic rings. The average molecular weight is 385 g/mol. The molecule has 120 valence electrons. The van der Waals surface area contributed by atoms with Crippen molar-refractivity contribution in [2.75, 3.05) is 7.11 Å². The first-order valence-corrected chi connectivity index (χ1v) is 7.91. The molecule has 0 bridgehead atoms. The third kappa shape index (κ3) is 3.60. The second-order valence-electron chi connectivity index (χ2n) is 4.85. The summed E-state index contributed by atoms with van der Waals surface area (Å²) < 4.78 is 11.0. The number of esters is 1. The molecule has 0 fully saturated rings. The first-order valence-electron chi connectivity index (χ1n) is 7.12. The van der Waals surface area contributed by atoms with Crippen LogP contribution in [0.2, 0.25) is 0 Å². The van der Waals surface area contributed by atoms with Gasteiger partial charge in [0.15, 0.2) is 0 Å². The molecule has 0 saturated heterocycles. The Morgan fingerprint density at radius 1 is 0.958 bits per heavy atom. The minimum Gasteiger partial charge on any atom is -0.497 e. The Labute approximate surface area is 147 Å². The van der Waals surface area contributed by atoms with Gasteiger partial charge >= 0.3 is 5.97 Å². The van der Waals surface area contributed by atoms with Crippen molar-refractivity contribution in [1.82, 2.24) is 10.2 Å². The first kappa shape index (κ1) is 16.1. The normalized spacial score (nSPS) is 10.2. The molecule has 0 spiro atoms. The van der Waals surface area contributed by atoms with E-state index in [2.05, 4.69) is 26.1 Å². The maximum absolute atomic E-state index is 12.1. The lowest BCUT2D eigenvalue weighted by atomic mass is 10.1. The predicted octanol–water partition coefficient (Wildman–Crippen LogP) is 4.13. The Morgan fingerprint density at radius 3 is 2.33 bits per heavy atom. The number of aromatic nitrogens is 2. The molecule has 3 aromatic rings. The Morgan fingerprint density at radius 2 is 1.71 bits per heavy atom. The van der Waals surface area contributed by atoms with Gasteiger partial charge in [0.05, 0.1) is 18.4 Å². The molecular weight excluding hydrogens is 372 g/mol. The lowest BCUT2D eigenvalue weighted by Crippen LogP contribution is -2.10. The molecule has 5 nitrogen and oxygen atoms in total. The molecule has 1 aromatic heterocycles. The fraction of sp³-hybridized carbons (Fsp3) is 0.0556. The third-order valence-electron chi connectivity index (χ3n) is 3.32. The second-order valence-corrected chi connectivity index (χ2v) is 5.71. The summed E-state index contributed by atoms with van der Waals surface area (Å²) in [6.45, 7) is 0. The highest BCUT2D eigenvalue weighted by atomic mass is 79.9. The smallest absolute Gasteiger partial charge is 0.346 e. The minimum absolute atomic E-state index is 0.146. The minimum atomic E-state index is -0.492. The highest BCUT2D eigenvalue weighted by molar-refractivity contribution is 9.10. The van der Waals surface area contributed by atoms with Crippen LogP contribution in [0.3, 0.4) is 0 Å². The zero-order valence-corrected chi connectivity index (χ0v) is 14.4. The number of nitrogens with zero attached hydrogens (tertiary/aromatic N) is 2. The monoisotopic (exact) mass is 384 g/mol. The lowest BCUT2D eigenvalue weighted by molar-refractivity contribution is 0.0725. The maximum Gasteiger partial charge on any atom is 0.346 e. The molecule has 1 heterocycles. The SMILES string of the molecule is COc1ccc(-c2ccc(OC(=O)c3ccccc3Br)nn2)cc1. The largest absolute Gasteiger partial charge is 0.497 e. The van der Waals surface area contributed by atoms with E-state index in [1.807, 2.05) is 30.3 Å². The molecule has 0 radical (unpaired) electrons. The van der Waals surface area contributed by atoms with Crippen molar-refractivity contribution in [2.24, 2.45) is 0 Å². The van der Waals surface area contributed by atoms with Gasteiger partial charge in [0.1, 0.15) is 5.75 Å². The molecular formula is C18H13BrN2O3. The number of hydrogen-bond donors (Lipinski definition) is 0. The molecule has 0 amide bonds. The van der Waals surface area contributed by atoms with Gasteiger partial charge in [-0.15, -0.1) is 10.2 Å². The highest BCUT2D eigenvalue weighted by Gasteiger charge is 2.13. The molecule has 0 saturated carbocycles. The van der Waals surface area contributed by atoms with Crippen LogP contribution in [-0.4, -0.2) is 23.3 Å². The van der Waals surface area contributed by atoms with E-state index in [0.717, 1.165) is 11.3 Å². The molecule has 2 aromatic carbocycles. The van der Waals surface area contributed by atoms with Crippen LogP contribution in [0.15, 0.2) is 65.1 Å². The molecule has 0 N–H and O–H groups in total. The number of ether oxygens (including phenoxy) is 2. The van der Waals surface area contributed by atoms with Crippen molar-refractivity contribution < 1.29 is 14.3 Å². The van der Waals surface area contributed by atoms with Crippen LogP contribution in [0, 0.1) is 0 Å². The fourth-order valence-corrected chi connectivity index (χ4v) is 2.51. The number of benzene rings is 2. The van der Waals surface area contributed by atoms with Crippen LogP contribution in [0.5, 0.6) is 11.6 Å². The van der Waals surface area contributed by atoms with E-state index in [-0.39, 0.29) is 5.88 Å². The Hall–Kier alpha value is -2.73. The lowest BCUT2D eigenvalue weighted by Gasteiger charge is -2.06. The molecule has 0 aliphatic carbocycles. The second kappa shape index (κ2) is 7.23. The van der Waals surface area contributed by atoms with Gasteiger partial charge in [-0.05, 0) is 58.4 Å². The van der Waals surface area contributed by atoms with Gasteiger partial charge in [0.2, 0.25) is 5.88 Å². The number of hydrogen-bond acceptors (Lipinski definition) is 5. The van der Waals surface area contributed by atoms with Crippen LogP contribution in [0.1, 0.15) is 10.4 Å². The van der Waals surface area contributed by atoms with Gasteiger partial charge in [-0.3, -0.25) is 0 Å². The average Bonchev–Trinajstić information content (AvgIpc) is 2.63. The molecule has 0 atom stereocenters. The Kier molecular flexibility index (Phi) is 4.86. The quantitative estimate of drug-likeness (QED) is 0.632. The zero-order valence-electron chi connectivity index (χ0n) is 12.8. The van der Waals surface area contributed by atoms with Crippen LogP contribution >= 0.6 is 15.9 Å². The van der Waals surface area contributed by atoms with Crippen molar-refractivity contribution in [3.05, 3.63) is 70.7 Å². The van der Waals surface area contributed by atoms with E-state index < -0.39 is 5.97 Å². The summed E-state index contributed by atoms with van der Waals surface area (Å²) in [5.41, 5.74) is 2.00. The number of halogens is 1. The van der Waals surface area contributed by atoms with E-state index in [4.69, 9.17) is 9.47 Å². The van der Waals surface area contributed by atoms with Crippen LogP contribution in [0.4, 0.5) is 0 Å². The van der Waals surface area contributed by atoms with Crippen molar-refractivity contribution in [3.8, 4) is 22.9 Å². The van der Waals surface area contributed by atoms with E-state index >= 15 is 0 Å². The predicted molar refractivity (Wildman–Crippen MR) is 93.1 cm³/mol. The van der Waals surface area contributed by atoms with Gasteiger partial charge < -0.3 is 9.47 Å². The summed E-state index contributed by atoms with van der Waals surface area (Å²) in [5, 5.41) is 8.05. The van der Waals surface area contributed by atoms with Crippen molar-refractivity contribution >= 4 is 21.9 Å². The van der Waals surface area contributed by atoms with E-state index in [1.165, 1.54) is 0 Å². The summed E-state index contributed by atoms with van der Waals surface area (Å²) >= 11 is 3.32. The molecule has 24 heavy (non-hydrogen) atoms. The van der Waals surface area contributed by atoms with E-state index in [1.54, 1.807) is 37.4 Å². The van der Waals surface area contributed by atoms with Gasteiger partial charge in [-0.1, -0.05) is 12.1 Å². The summed E-state index contributed by atoms with van der Waals surface area (Å²) in [4.78, 5) is 12.1. The third-order valence-corrected chi connectivity index (χ3v) is 4.01. The van der Waals surface area contributed by atoms with Gasteiger partial charge in [0, 0.05) is 16.1 Å². The summed E-state index contributed by atoms with van der Waals surface area (Å²) in [6, 6.07) is 17.9. The van der Waals surface area contributed by atoms with Crippen LogP contribution in [0.25, 0.3) is 11.3 Å². The summed E-state index contributed by atoms with van der Waals surface area (Å²) in [7, 11) is 1.61. The summed E-state index contributed by atoms with van der Waals surface area (Å²) in [5.74, 6) is 0.424. The van der Waals surface area contributed by atoms with Crippen molar-refractivity contribution in [1.29, 1.82) is 0 Å². The van der Waals surface area contributed by atoms with E-state index in [0.29, 0.717) is 15.7 Å². The number of rotatable bonds is 4. The van der Waals surface area contributed by atoms with Gasteiger partial charge in [-0.2, -0.15) is 0 Å². The molecule has 6 heteroatoms. The van der Waals surface area contributed by atoms with Crippen molar-refractivity contribution in [2.45, 2.75) is 0 Å². The first-order chi connectivity index (χ1) is 11.7. The molecule has 3 rings (SSSR count). The fourth-order valence-electron chi connectivity index (χ4n) is 2.07. The van der Waals surface area contributed by atoms with Crippen molar-refractivity contribution in [3.63, 3.8) is 0 Å². The van der Waals surface area contributed by atoms with Gasteiger partial charge in [0.25, 0.3) is 0 Å². The number of methoxy groups -OCH3 is 1.